The Morgan fingerprint density at radius 2 is 0.607 bits per heavy atom. The highest BCUT2D eigenvalue weighted by atomic mass is 19.3. The minimum atomic E-state index is -3.32. The van der Waals surface area contributed by atoms with Crippen LogP contribution in [0.25, 0.3) is 0 Å². The second-order valence-electron chi connectivity index (χ2n) is 34.0. The summed E-state index contributed by atoms with van der Waals surface area (Å²) < 4.78 is 131. The van der Waals surface area contributed by atoms with E-state index in [9.17, 15) is 97.8 Å². The van der Waals surface area contributed by atoms with Gasteiger partial charge in [0.25, 0.3) is 0 Å². The van der Waals surface area contributed by atoms with Gasteiger partial charge in [0.15, 0.2) is 11.6 Å². The SMILES string of the molecule is C.C.C.C.C.CCCCC(F)(F)C(=O)CC[C@H]1C=CC(=O)[C@@H]1CCCCCCC(=O)OC(C)C.CCCCC(F)(F)C(=O)CC[C@H]1C=CC(=O)[C@@H]1CCCCCCC(=O)OC(C)C.CCCCC(F)(F)C(=O)CC[C@H]1CCC(=O)[C@@H]1CCCCCCC(=O)OC(C)C.CCCCC(F)(F)C(=O)CC[C@H]1[C@H](O)CC(=O)[C@@H]1CCCCCCC(=O)OC(C)C. The van der Waals surface area contributed by atoms with E-state index >= 15 is 0 Å². The number of alkyl halides is 8. The van der Waals surface area contributed by atoms with Gasteiger partial charge in [-0.15, -0.1) is 0 Å². The molecular weight excluding hydrogens is 1590 g/mol. The number of ketones is 8. The molecule has 122 heavy (non-hydrogen) atoms. The molecule has 9 atom stereocenters. The zero-order valence-corrected chi connectivity index (χ0v) is 73.1. The second-order valence-corrected chi connectivity index (χ2v) is 34.0. The Morgan fingerprint density at radius 1 is 0.344 bits per heavy atom. The molecule has 0 aromatic carbocycles. The van der Waals surface area contributed by atoms with Gasteiger partial charge in [-0.2, -0.15) is 35.1 Å². The standard InChI is InChI=1S/C23H38F2O5.C23H38F2O4.2C23H36F2O4.5CH4/c1-4-5-14-23(24,25)21(28)13-12-18-17(19(26)15-20(18)27)10-8-6-7-9-11-22(29)30-16(2)3;3*1-4-5-16-23(24,25)21(27)15-13-18-12-14-20(26)19(18)10-8-6-7-9-11-22(28)29-17(2)3;;;;;/h16-18,20,27H,4-15H2,1-3H3;17-19H,4-16H2,1-3H3;2*12,14,17-19H,4-11,13,15-16H2,1-3H3;5*1H4/t17-,18-,20-;3*18-,19-;;;;;/m1111...../s1. The third kappa shape index (κ3) is 53.6. The monoisotopic (exact) mass is 1760 g/mol. The minimum absolute atomic E-state index is 0. The number of esters is 4. The predicted octanol–water partition coefficient (Wildman–Crippen LogP) is 25.9. The number of carbonyl (C=O) groups excluding carboxylic acids is 12. The fourth-order valence-corrected chi connectivity index (χ4v) is 15.5. The van der Waals surface area contributed by atoms with Crippen LogP contribution in [0.15, 0.2) is 24.3 Å². The number of hydrogen-bond donors (Lipinski definition) is 1. The van der Waals surface area contributed by atoms with Crippen molar-refractivity contribution in [3.05, 3.63) is 24.3 Å². The molecule has 0 saturated heterocycles. The molecule has 17 nitrogen and oxygen atoms in total. The van der Waals surface area contributed by atoms with Crippen LogP contribution >= 0.6 is 0 Å². The number of hydrogen-bond acceptors (Lipinski definition) is 17. The first-order valence-corrected chi connectivity index (χ1v) is 44.7. The zero-order chi connectivity index (χ0) is 88.3. The van der Waals surface area contributed by atoms with Crippen molar-refractivity contribution in [2.24, 2.45) is 47.3 Å². The highest BCUT2D eigenvalue weighted by Gasteiger charge is 2.45. The lowest BCUT2D eigenvalue weighted by Gasteiger charge is -2.22. The molecule has 0 aromatic rings. The van der Waals surface area contributed by atoms with Gasteiger partial charge in [-0.1, -0.05) is 180 Å². The fourth-order valence-electron chi connectivity index (χ4n) is 15.5. The van der Waals surface area contributed by atoms with Crippen LogP contribution in [0, 0.1) is 47.3 Å². The van der Waals surface area contributed by atoms with E-state index in [0.717, 1.165) is 109 Å². The van der Waals surface area contributed by atoms with Crippen molar-refractivity contribution in [2.75, 3.05) is 0 Å². The maximum atomic E-state index is 13.9. The molecule has 0 aliphatic heterocycles. The number of ether oxygens (including phenoxy) is 4. The summed E-state index contributed by atoms with van der Waals surface area (Å²) in [5.41, 5.74) is 0. The Morgan fingerprint density at radius 3 is 0.893 bits per heavy atom. The Bertz CT molecular complexity index is 2870. The lowest BCUT2D eigenvalue weighted by atomic mass is 9.85. The average Bonchev–Trinajstić information content (AvgIpc) is 1.70. The summed E-state index contributed by atoms with van der Waals surface area (Å²) in [6.45, 7) is 21.8. The van der Waals surface area contributed by atoms with Crippen LogP contribution in [-0.4, -0.2) is 129 Å². The van der Waals surface area contributed by atoms with Gasteiger partial charge in [0, 0.05) is 114 Å². The van der Waals surface area contributed by atoms with Crippen molar-refractivity contribution in [1.82, 2.24) is 0 Å². The van der Waals surface area contributed by atoms with E-state index in [4.69, 9.17) is 18.9 Å². The van der Waals surface area contributed by atoms with Crippen molar-refractivity contribution in [3.63, 3.8) is 0 Å². The lowest BCUT2D eigenvalue weighted by Crippen LogP contribution is -2.30. The van der Waals surface area contributed by atoms with Crippen LogP contribution in [0.4, 0.5) is 35.1 Å². The number of aliphatic hydroxyl groups is 1. The summed E-state index contributed by atoms with van der Waals surface area (Å²) >= 11 is 0. The van der Waals surface area contributed by atoms with Gasteiger partial charge in [0.2, 0.25) is 23.1 Å². The number of carbonyl (C=O) groups is 12. The summed E-state index contributed by atoms with van der Waals surface area (Å²) in [7, 11) is 0. The molecule has 0 heterocycles. The van der Waals surface area contributed by atoms with Crippen molar-refractivity contribution in [1.29, 1.82) is 0 Å². The number of halogens is 8. The normalized spacial score (nSPS) is 19.2. The summed E-state index contributed by atoms with van der Waals surface area (Å²) in [5, 5.41) is 10.2. The van der Waals surface area contributed by atoms with E-state index in [0.29, 0.717) is 128 Å². The molecule has 0 amide bonds. The molecule has 0 aromatic heterocycles. The van der Waals surface area contributed by atoms with E-state index in [1.165, 1.54) is 12.2 Å². The molecule has 1 N–H and O–H groups in total. The smallest absolute Gasteiger partial charge is 0.306 e. The van der Waals surface area contributed by atoms with Gasteiger partial charge in [0.1, 0.15) is 11.6 Å². The molecule has 0 radical (unpaired) electrons. The largest absolute Gasteiger partial charge is 0.463 e. The van der Waals surface area contributed by atoms with Crippen molar-refractivity contribution in [3.8, 4) is 0 Å². The first-order valence-electron chi connectivity index (χ1n) is 44.7. The summed E-state index contributed by atoms with van der Waals surface area (Å²) in [6.07, 6.45) is 26.8. The van der Waals surface area contributed by atoms with Gasteiger partial charge in [-0.05, 0) is 200 Å². The third-order valence-corrected chi connectivity index (χ3v) is 22.3. The summed E-state index contributed by atoms with van der Waals surface area (Å²) in [5.74, 6) is -19.2. The van der Waals surface area contributed by atoms with Crippen molar-refractivity contribution in [2.45, 2.75) is 476 Å². The number of Topliss-reactive ketones (excluding diaryl/α,β-unsaturated/α-hetero) is 6. The van der Waals surface area contributed by atoms with Crippen molar-refractivity contribution >= 4 is 70.1 Å². The molecule has 2 saturated carbocycles. The Kier molecular flexibility index (Phi) is 69.8. The van der Waals surface area contributed by atoms with Crippen LogP contribution in [0.5, 0.6) is 0 Å². The molecular formula is C97H168F8O17. The summed E-state index contributed by atoms with van der Waals surface area (Å²) in [4.78, 5) is 142. The zero-order valence-electron chi connectivity index (χ0n) is 73.1. The third-order valence-electron chi connectivity index (χ3n) is 22.3. The molecule has 4 rings (SSSR count). The first-order chi connectivity index (χ1) is 55.1. The van der Waals surface area contributed by atoms with E-state index < -0.39 is 78.1 Å². The van der Waals surface area contributed by atoms with Crippen LogP contribution in [0.2, 0.25) is 0 Å². The molecule has 4 aliphatic rings. The van der Waals surface area contributed by atoms with E-state index in [-0.39, 0.29) is 195 Å². The molecule has 4 aliphatic carbocycles. The van der Waals surface area contributed by atoms with Gasteiger partial charge in [0.05, 0.1) is 30.5 Å². The Hall–Kier alpha value is -5.88. The van der Waals surface area contributed by atoms with Crippen LogP contribution < -0.4 is 0 Å². The van der Waals surface area contributed by atoms with Gasteiger partial charge in [-0.25, -0.2) is 0 Å². The highest BCUT2D eigenvalue weighted by molar-refractivity contribution is 5.95. The van der Waals surface area contributed by atoms with Gasteiger partial charge >= 0.3 is 47.6 Å². The average molecular weight is 1760 g/mol. The quantitative estimate of drug-likeness (QED) is 0.0257. The van der Waals surface area contributed by atoms with Crippen LogP contribution in [-0.2, 0) is 76.5 Å². The highest BCUT2D eigenvalue weighted by Crippen LogP contribution is 2.41. The maximum Gasteiger partial charge on any atom is 0.306 e. The molecule has 714 valence electrons. The first kappa shape index (κ1) is 125. The fraction of sp³-hybridized carbons (Fsp3) is 0.835. The lowest BCUT2D eigenvalue weighted by molar-refractivity contribution is -0.148. The van der Waals surface area contributed by atoms with Crippen LogP contribution in [0.3, 0.4) is 0 Å². The van der Waals surface area contributed by atoms with Crippen molar-refractivity contribution < 1.29 is 117 Å². The maximum absolute atomic E-state index is 13.9. The van der Waals surface area contributed by atoms with E-state index in [1.54, 1.807) is 32.9 Å². The number of rotatable bonds is 60. The molecule has 0 bridgehead atoms. The van der Waals surface area contributed by atoms with E-state index in [1.807, 2.05) is 62.3 Å². The molecule has 0 spiro atoms. The van der Waals surface area contributed by atoms with Gasteiger partial charge < -0.3 is 24.1 Å². The number of aliphatic hydroxyl groups excluding tert-OH is 1. The Labute approximate surface area is 731 Å². The number of allylic oxidation sites excluding steroid dienone is 4. The van der Waals surface area contributed by atoms with E-state index in [2.05, 4.69) is 0 Å². The topological polar surface area (TPSA) is 262 Å². The number of unbranched alkanes of at least 4 members (excludes halogenated alkanes) is 16. The second kappa shape index (κ2) is 68.3. The minimum Gasteiger partial charge on any atom is -0.463 e. The molecule has 0 unspecified atom stereocenters. The van der Waals surface area contributed by atoms with Gasteiger partial charge in [-0.3, -0.25) is 57.5 Å². The Balaban J connectivity index is -0.000000492. The molecule has 25 heteroatoms. The predicted molar refractivity (Wildman–Crippen MR) is 470 cm³/mol. The molecule has 2 fully saturated rings. The van der Waals surface area contributed by atoms with Crippen LogP contribution in [0.1, 0.15) is 422 Å². The summed E-state index contributed by atoms with van der Waals surface area (Å²) in [6, 6.07) is 0.